The number of rotatable bonds is 6. The number of nitrogens with zero attached hydrogens (tertiary/aromatic N) is 4. The second-order valence-corrected chi connectivity index (χ2v) is 9.09. The predicted molar refractivity (Wildman–Crippen MR) is 121 cm³/mol. The summed E-state index contributed by atoms with van der Waals surface area (Å²) in [5.41, 5.74) is 2.87. The van der Waals surface area contributed by atoms with Gasteiger partial charge in [-0.2, -0.15) is 5.10 Å². The normalized spacial score (nSPS) is 11.4. The Morgan fingerprint density at radius 3 is 2.25 bits per heavy atom. The summed E-state index contributed by atoms with van der Waals surface area (Å²) in [6.07, 6.45) is 0. The Bertz CT molecular complexity index is 1370. The average Bonchev–Trinajstić information content (AvgIpc) is 3.09. The highest BCUT2D eigenvalue weighted by atomic mass is 35.5. The average molecular weight is 473 g/mol. The van der Waals surface area contributed by atoms with Crippen molar-refractivity contribution < 1.29 is 12.8 Å². The molecule has 164 valence electrons. The first-order valence-corrected chi connectivity index (χ1v) is 11.3. The van der Waals surface area contributed by atoms with Crippen molar-refractivity contribution >= 4 is 38.8 Å². The third kappa shape index (κ3) is 4.71. The molecule has 0 atom stereocenters. The smallest absolute Gasteiger partial charge is 0.261 e. The van der Waals surface area contributed by atoms with E-state index < -0.39 is 15.8 Å². The van der Waals surface area contributed by atoms with Crippen LogP contribution in [0.1, 0.15) is 11.4 Å². The predicted octanol–water partition coefficient (Wildman–Crippen LogP) is 4.62. The third-order valence-corrected chi connectivity index (χ3v) is 6.16. The maximum absolute atomic E-state index is 13.3. The van der Waals surface area contributed by atoms with E-state index in [1.165, 1.54) is 0 Å². The van der Waals surface area contributed by atoms with E-state index in [1.807, 2.05) is 19.9 Å². The van der Waals surface area contributed by atoms with E-state index >= 15 is 0 Å². The minimum atomic E-state index is -3.91. The number of hydrogen-bond donors (Lipinski definition) is 2. The summed E-state index contributed by atoms with van der Waals surface area (Å²) in [5, 5.41) is 15.6. The van der Waals surface area contributed by atoms with Crippen LogP contribution in [0.2, 0.25) is 5.02 Å². The number of nitrogens with one attached hydrogen (secondary N) is 2. The molecular formula is C21H18ClFN6O2S. The summed E-state index contributed by atoms with van der Waals surface area (Å²) in [5.74, 6) is 0.434. The second-order valence-electron chi connectivity index (χ2n) is 7.00. The Morgan fingerprint density at radius 1 is 0.938 bits per heavy atom. The second kappa shape index (κ2) is 8.56. The summed E-state index contributed by atoms with van der Waals surface area (Å²) < 4.78 is 42.4. The topological polar surface area (TPSA) is 102 Å². The molecule has 0 unspecified atom stereocenters. The van der Waals surface area contributed by atoms with Crippen LogP contribution in [0.3, 0.4) is 0 Å². The van der Waals surface area contributed by atoms with Gasteiger partial charge in [-0.05, 0) is 74.5 Å². The molecule has 0 spiro atoms. The van der Waals surface area contributed by atoms with Crippen LogP contribution in [0.15, 0.2) is 65.6 Å². The first-order chi connectivity index (χ1) is 15.2. The molecule has 2 heterocycles. The highest BCUT2D eigenvalue weighted by Crippen LogP contribution is 2.23. The van der Waals surface area contributed by atoms with Crippen LogP contribution in [0.4, 0.5) is 21.6 Å². The number of aryl methyl sites for hydroxylation is 2. The van der Waals surface area contributed by atoms with Crippen molar-refractivity contribution in [2.45, 2.75) is 18.7 Å². The fourth-order valence-corrected chi connectivity index (χ4v) is 4.32. The van der Waals surface area contributed by atoms with Gasteiger partial charge in [0, 0.05) is 17.1 Å². The number of hydrogen-bond acceptors (Lipinski definition) is 6. The Labute approximate surface area is 189 Å². The van der Waals surface area contributed by atoms with Gasteiger partial charge in [0.15, 0.2) is 11.6 Å². The zero-order valence-corrected chi connectivity index (χ0v) is 18.6. The Morgan fingerprint density at radius 2 is 1.66 bits per heavy atom. The zero-order chi connectivity index (χ0) is 22.9. The first-order valence-electron chi connectivity index (χ1n) is 9.44. The lowest BCUT2D eigenvalue weighted by atomic mass is 10.3. The summed E-state index contributed by atoms with van der Waals surface area (Å²) in [6, 6.07) is 15.3. The molecule has 0 amide bonds. The lowest BCUT2D eigenvalue weighted by molar-refractivity contribution is 0.599. The van der Waals surface area contributed by atoms with Crippen molar-refractivity contribution in [3.8, 4) is 5.82 Å². The van der Waals surface area contributed by atoms with Gasteiger partial charge in [-0.3, -0.25) is 4.72 Å². The fourth-order valence-electron chi connectivity index (χ4n) is 2.99. The molecule has 4 aromatic rings. The molecule has 2 aromatic carbocycles. The highest BCUT2D eigenvalue weighted by molar-refractivity contribution is 7.92. The van der Waals surface area contributed by atoms with Gasteiger partial charge in [-0.1, -0.05) is 11.6 Å². The Hall–Kier alpha value is -3.50. The Kier molecular flexibility index (Phi) is 5.81. The maximum Gasteiger partial charge on any atom is 0.261 e. The zero-order valence-electron chi connectivity index (χ0n) is 17.0. The summed E-state index contributed by atoms with van der Waals surface area (Å²) in [6.45, 7) is 3.85. The molecule has 2 N–H and O–H groups in total. The van der Waals surface area contributed by atoms with E-state index in [0.717, 1.165) is 29.6 Å². The number of benzene rings is 2. The van der Waals surface area contributed by atoms with Gasteiger partial charge in [-0.25, -0.2) is 17.5 Å². The minimum absolute atomic E-state index is 0.135. The maximum atomic E-state index is 13.3. The first kappa shape index (κ1) is 21.7. The molecule has 0 aliphatic rings. The molecular weight excluding hydrogens is 455 g/mol. The standard InChI is InChI=1S/C21H18ClFN6O2S/c1-13-11-14(2)29(27-13)21-10-9-20(25-26-21)24-15-3-5-16(6-4-15)28-32(30,31)17-7-8-19(23)18(22)12-17/h3-12,28H,1-2H3,(H,24,25). The molecule has 0 saturated heterocycles. The van der Waals surface area contributed by atoms with Crippen LogP contribution in [-0.4, -0.2) is 28.4 Å². The Balaban J connectivity index is 1.44. The number of halogens is 2. The van der Waals surface area contributed by atoms with Crippen LogP contribution in [0.25, 0.3) is 5.82 Å². The molecule has 0 bridgehead atoms. The van der Waals surface area contributed by atoms with Crippen molar-refractivity contribution in [1.82, 2.24) is 20.0 Å². The summed E-state index contributed by atoms with van der Waals surface area (Å²) >= 11 is 5.68. The van der Waals surface area contributed by atoms with Crippen LogP contribution in [0, 0.1) is 19.7 Å². The quantitative estimate of drug-likeness (QED) is 0.424. The molecule has 32 heavy (non-hydrogen) atoms. The van der Waals surface area contributed by atoms with Gasteiger partial charge < -0.3 is 5.32 Å². The lowest BCUT2D eigenvalue weighted by Gasteiger charge is -2.10. The highest BCUT2D eigenvalue weighted by Gasteiger charge is 2.16. The number of sulfonamides is 1. The van der Waals surface area contributed by atoms with Gasteiger partial charge >= 0.3 is 0 Å². The molecule has 4 rings (SSSR count). The van der Waals surface area contributed by atoms with Gasteiger partial charge in [-0.15, -0.1) is 10.2 Å². The van der Waals surface area contributed by atoms with Gasteiger partial charge in [0.05, 0.1) is 15.6 Å². The van der Waals surface area contributed by atoms with E-state index in [2.05, 4.69) is 25.3 Å². The SMILES string of the molecule is Cc1cc(C)n(-c2ccc(Nc3ccc(NS(=O)(=O)c4ccc(F)c(Cl)c4)cc3)nn2)n1. The van der Waals surface area contributed by atoms with Crippen molar-refractivity contribution in [3.63, 3.8) is 0 Å². The van der Waals surface area contributed by atoms with E-state index in [9.17, 15) is 12.8 Å². The molecule has 0 saturated carbocycles. The monoisotopic (exact) mass is 472 g/mol. The third-order valence-electron chi connectivity index (χ3n) is 4.49. The van der Waals surface area contributed by atoms with Crippen LogP contribution >= 0.6 is 11.6 Å². The van der Waals surface area contributed by atoms with Crippen LogP contribution in [0.5, 0.6) is 0 Å². The molecule has 11 heteroatoms. The van der Waals surface area contributed by atoms with Gasteiger partial charge in [0.2, 0.25) is 0 Å². The van der Waals surface area contributed by atoms with E-state index in [4.69, 9.17) is 11.6 Å². The van der Waals surface area contributed by atoms with Crippen LogP contribution in [-0.2, 0) is 10.0 Å². The molecule has 0 radical (unpaired) electrons. The minimum Gasteiger partial charge on any atom is -0.339 e. The van der Waals surface area contributed by atoms with Crippen molar-refractivity contribution in [2.75, 3.05) is 10.0 Å². The van der Waals surface area contributed by atoms with Gasteiger partial charge in [0.25, 0.3) is 10.0 Å². The van der Waals surface area contributed by atoms with Gasteiger partial charge in [0.1, 0.15) is 5.82 Å². The van der Waals surface area contributed by atoms with E-state index in [0.29, 0.717) is 23.0 Å². The molecule has 0 aliphatic carbocycles. The van der Waals surface area contributed by atoms with Crippen molar-refractivity contribution in [2.24, 2.45) is 0 Å². The molecule has 0 fully saturated rings. The number of anilines is 3. The van der Waals surface area contributed by atoms with Crippen molar-refractivity contribution in [1.29, 1.82) is 0 Å². The summed E-state index contributed by atoms with van der Waals surface area (Å²) in [4.78, 5) is -0.135. The number of aromatic nitrogens is 4. The molecule has 0 aliphatic heterocycles. The lowest BCUT2D eigenvalue weighted by Crippen LogP contribution is -2.13. The van der Waals surface area contributed by atoms with Crippen LogP contribution < -0.4 is 10.0 Å². The molecule has 2 aromatic heterocycles. The molecule has 8 nitrogen and oxygen atoms in total. The largest absolute Gasteiger partial charge is 0.339 e. The van der Waals surface area contributed by atoms with E-state index in [-0.39, 0.29) is 9.92 Å². The fraction of sp³-hybridized carbons (Fsp3) is 0.0952. The van der Waals surface area contributed by atoms with Crippen molar-refractivity contribution in [3.05, 3.63) is 82.9 Å². The van der Waals surface area contributed by atoms with E-state index in [1.54, 1.807) is 41.1 Å². The summed E-state index contributed by atoms with van der Waals surface area (Å²) in [7, 11) is -3.91.